The van der Waals surface area contributed by atoms with Crippen LogP contribution in [-0.2, 0) is 26.5 Å². The van der Waals surface area contributed by atoms with Crippen molar-refractivity contribution in [3.05, 3.63) is 11.4 Å². The molecule has 1 aromatic rings. The summed E-state index contributed by atoms with van der Waals surface area (Å²) in [5, 5.41) is 4.26. The molecule has 0 amide bonds. The minimum atomic E-state index is -3.58. The van der Waals surface area contributed by atoms with Gasteiger partial charge in [-0.1, -0.05) is 0 Å². The number of sulfonamides is 1. The monoisotopic (exact) mass is 343 g/mol. The highest BCUT2D eigenvalue weighted by Crippen LogP contribution is 2.36. The fraction of sp³-hybridized carbons (Fsp3) is 0.800. The van der Waals surface area contributed by atoms with Gasteiger partial charge < -0.3 is 9.47 Å². The molecule has 1 aromatic heterocycles. The average molecular weight is 343 g/mol. The summed E-state index contributed by atoms with van der Waals surface area (Å²) in [7, 11) is -1.81. The first-order chi connectivity index (χ1) is 10.9. The van der Waals surface area contributed by atoms with Crippen LogP contribution in [0.2, 0.25) is 0 Å². The summed E-state index contributed by atoms with van der Waals surface area (Å²) in [5.41, 5.74) is 1.22. The summed E-state index contributed by atoms with van der Waals surface area (Å²) in [6.45, 7) is 6.90. The quantitative estimate of drug-likeness (QED) is 0.815. The van der Waals surface area contributed by atoms with E-state index in [0.717, 1.165) is 12.8 Å². The highest BCUT2D eigenvalue weighted by atomic mass is 32.2. The van der Waals surface area contributed by atoms with E-state index < -0.39 is 10.0 Å². The standard InChI is InChI=1S/C15H25N3O4S/c1-5-21-13-7-6-12-14(13)22-9-8-18(12)23(19,20)15-10(2)16-17(4)11(15)3/h12-14H,5-9H2,1-4H3/t12-,13+,14-/m1/s1. The highest BCUT2D eigenvalue weighted by Gasteiger charge is 2.48. The summed E-state index contributed by atoms with van der Waals surface area (Å²) >= 11 is 0. The SMILES string of the molecule is CCO[C@H]1CC[C@@H]2[C@H]1OCCN2S(=O)(=O)c1c(C)nn(C)c1C. The van der Waals surface area contributed by atoms with Gasteiger partial charge in [0.15, 0.2) is 0 Å². The second-order valence-electron chi connectivity index (χ2n) is 6.21. The number of aromatic nitrogens is 2. The maximum Gasteiger partial charge on any atom is 0.247 e. The van der Waals surface area contributed by atoms with Gasteiger partial charge in [0.2, 0.25) is 10.0 Å². The van der Waals surface area contributed by atoms with E-state index in [1.54, 1.807) is 29.9 Å². The Bertz CT molecular complexity index is 685. The number of fused-ring (bicyclic) bond motifs is 1. The van der Waals surface area contributed by atoms with Crippen LogP contribution in [0.15, 0.2) is 4.90 Å². The van der Waals surface area contributed by atoms with Crippen LogP contribution in [0.3, 0.4) is 0 Å². The molecule has 130 valence electrons. The third kappa shape index (κ3) is 2.71. The first kappa shape index (κ1) is 16.9. The normalized spacial score (nSPS) is 29.0. The first-order valence-corrected chi connectivity index (χ1v) is 9.57. The molecule has 3 atom stereocenters. The smallest absolute Gasteiger partial charge is 0.247 e. The Kier molecular flexibility index (Phi) is 4.52. The number of hydrogen-bond acceptors (Lipinski definition) is 5. The van der Waals surface area contributed by atoms with Crippen LogP contribution in [0.4, 0.5) is 0 Å². The van der Waals surface area contributed by atoms with Crippen LogP contribution < -0.4 is 0 Å². The van der Waals surface area contributed by atoms with Crippen molar-refractivity contribution < 1.29 is 17.9 Å². The first-order valence-electron chi connectivity index (χ1n) is 8.13. The van der Waals surface area contributed by atoms with Gasteiger partial charge in [-0.15, -0.1) is 0 Å². The summed E-state index contributed by atoms with van der Waals surface area (Å²) < 4.78 is 41.3. The lowest BCUT2D eigenvalue weighted by Gasteiger charge is -2.38. The number of rotatable bonds is 4. The minimum absolute atomic E-state index is 0.0147. The van der Waals surface area contributed by atoms with Gasteiger partial charge in [-0.3, -0.25) is 4.68 Å². The van der Waals surface area contributed by atoms with Gasteiger partial charge in [-0.2, -0.15) is 9.40 Å². The molecule has 2 heterocycles. The molecular formula is C15H25N3O4S. The number of aryl methyl sites for hydroxylation is 2. The Labute approximate surface area is 137 Å². The van der Waals surface area contributed by atoms with Crippen LogP contribution in [0.1, 0.15) is 31.2 Å². The van der Waals surface area contributed by atoms with E-state index >= 15 is 0 Å². The van der Waals surface area contributed by atoms with Crippen LogP contribution in [0.25, 0.3) is 0 Å². The molecule has 0 aromatic carbocycles. The maximum atomic E-state index is 13.2. The van der Waals surface area contributed by atoms with Gasteiger partial charge in [-0.25, -0.2) is 8.42 Å². The molecule has 3 rings (SSSR count). The van der Waals surface area contributed by atoms with E-state index in [4.69, 9.17) is 9.47 Å². The molecule has 1 saturated heterocycles. The molecule has 0 bridgehead atoms. The van der Waals surface area contributed by atoms with Gasteiger partial charge in [0.05, 0.1) is 30.1 Å². The zero-order valence-electron chi connectivity index (χ0n) is 14.2. The van der Waals surface area contributed by atoms with Crippen molar-refractivity contribution in [2.24, 2.45) is 7.05 Å². The zero-order valence-corrected chi connectivity index (χ0v) is 15.0. The van der Waals surface area contributed by atoms with Gasteiger partial charge in [0, 0.05) is 20.2 Å². The second-order valence-corrected chi connectivity index (χ2v) is 8.04. The maximum absolute atomic E-state index is 13.2. The van der Waals surface area contributed by atoms with Gasteiger partial charge >= 0.3 is 0 Å². The predicted molar refractivity (Wildman–Crippen MR) is 84.7 cm³/mol. The molecule has 8 heteroatoms. The summed E-state index contributed by atoms with van der Waals surface area (Å²) in [4.78, 5) is 0.334. The minimum Gasteiger partial charge on any atom is -0.376 e. The van der Waals surface area contributed by atoms with Crippen molar-refractivity contribution in [3.8, 4) is 0 Å². The Balaban J connectivity index is 1.94. The highest BCUT2D eigenvalue weighted by molar-refractivity contribution is 7.89. The van der Waals surface area contributed by atoms with Crippen LogP contribution in [-0.4, -0.2) is 60.5 Å². The Hall–Kier alpha value is -0.960. The lowest BCUT2D eigenvalue weighted by atomic mass is 10.1. The van der Waals surface area contributed by atoms with Crippen molar-refractivity contribution >= 4 is 10.0 Å². The molecule has 2 fully saturated rings. The fourth-order valence-electron chi connectivity index (χ4n) is 3.82. The molecule has 7 nitrogen and oxygen atoms in total. The Morgan fingerprint density at radius 1 is 1.35 bits per heavy atom. The molecule has 1 aliphatic carbocycles. The molecule has 0 spiro atoms. The second kappa shape index (κ2) is 6.16. The number of ether oxygens (including phenoxy) is 2. The van der Waals surface area contributed by atoms with E-state index in [-0.39, 0.29) is 18.2 Å². The molecule has 0 radical (unpaired) electrons. The van der Waals surface area contributed by atoms with Gasteiger partial charge in [0.1, 0.15) is 11.0 Å². The Morgan fingerprint density at radius 2 is 2.09 bits per heavy atom. The van der Waals surface area contributed by atoms with Gasteiger partial charge in [-0.05, 0) is 33.6 Å². The summed E-state index contributed by atoms with van der Waals surface area (Å²) in [5.74, 6) is 0. The largest absolute Gasteiger partial charge is 0.376 e. The molecule has 2 aliphatic rings. The number of morpholine rings is 1. The number of nitrogens with zero attached hydrogens (tertiary/aromatic N) is 3. The number of hydrogen-bond donors (Lipinski definition) is 0. The molecule has 1 saturated carbocycles. The molecule has 0 unspecified atom stereocenters. The topological polar surface area (TPSA) is 73.7 Å². The van der Waals surface area contributed by atoms with Crippen LogP contribution in [0, 0.1) is 13.8 Å². The van der Waals surface area contributed by atoms with Crippen molar-refractivity contribution in [3.63, 3.8) is 0 Å². The fourth-order valence-corrected chi connectivity index (χ4v) is 5.87. The lowest BCUT2D eigenvalue weighted by Crippen LogP contribution is -2.53. The molecule has 0 N–H and O–H groups in total. The molecular weight excluding hydrogens is 318 g/mol. The van der Waals surface area contributed by atoms with Gasteiger partial charge in [0.25, 0.3) is 0 Å². The van der Waals surface area contributed by atoms with E-state index in [2.05, 4.69) is 5.10 Å². The van der Waals surface area contributed by atoms with Crippen molar-refractivity contribution in [2.75, 3.05) is 19.8 Å². The summed E-state index contributed by atoms with van der Waals surface area (Å²) in [6.07, 6.45) is 1.42. The van der Waals surface area contributed by atoms with Crippen LogP contribution in [0.5, 0.6) is 0 Å². The third-order valence-corrected chi connectivity index (χ3v) is 7.05. The predicted octanol–water partition coefficient (Wildman–Crippen LogP) is 0.994. The molecule has 23 heavy (non-hydrogen) atoms. The van der Waals surface area contributed by atoms with Crippen molar-refractivity contribution in [2.45, 2.75) is 56.8 Å². The Morgan fingerprint density at radius 3 is 2.70 bits per heavy atom. The van der Waals surface area contributed by atoms with E-state index in [1.807, 2.05) is 6.92 Å². The van der Waals surface area contributed by atoms with Crippen LogP contribution >= 0.6 is 0 Å². The van der Waals surface area contributed by atoms with E-state index in [0.29, 0.717) is 36.0 Å². The average Bonchev–Trinajstić information content (AvgIpc) is 3.01. The lowest BCUT2D eigenvalue weighted by molar-refractivity contribution is -0.0938. The van der Waals surface area contributed by atoms with E-state index in [9.17, 15) is 8.42 Å². The van der Waals surface area contributed by atoms with E-state index in [1.165, 1.54) is 0 Å². The third-order valence-electron chi connectivity index (χ3n) is 4.87. The van der Waals surface area contributed by atoms with Crippen molar-refractivity contribution in [1.82, 2.24) is 14.1 Å². The molecule has 1 aliphatic heterocycles. The summed E-state index contributed by atoms with van der Waals surface area (Å²) in [6, 6.07) is -0.149. The zero-order chi connectivity index (χ0) is 16.8. The van der Waals surface area contributed by atoms with Crippen molar-refractivity contribution in [1.29, 1.82) is 0 Å².